The highest BCUT2D eigenvalue weighted by Gasteiger charge is 2.32. The molecule has 2 aromatic rings. The Morgan fingerprint density at radius 2 is 2.04 bits per heavy atom. The number of halogens is 4. The van der Waals surface area contributed by atoms with Crippen LogP contribution in [0.4, 0.5) is 18.9 Å². The summed E-state index contributed by atoms with van der Waals surface area (Å²) in [6.07, 6.45) is -2.09. The lowest BCUT2D eigenvalue weighted by atomic mass is 10.0. The summed E-state index contributed by atoms with van der Waals surface area (Å²) in [5.41, 5.74) is 1.59. The van der Waals surface area contributed by atoms with Crippen LogP contribution in [0.15, 0.2) is 36.5 Å². The highest BCUT2D eigenvalue weighted by Crippen LogP contribution is 2.33. The number of benzene rings is 1. The van der Waals surface area contributed by atoms with Crippen molar-refractivity contribution in [2.75, 3.05) is 11.4 Å². The maximum atomic E-state index is 12.7. The van der Waals surface area contributed by atoms with E-state index in [9.17, 15) is 18.0 Å². The second-order valence-electron chi connectivity index (χ2n) is 5.27. The third kappa shape index (κ3) is 3.62. The highest BCUT2D eigenvalue weighted by molar-refractivity contribution is 6.29. The second kappa shape index (κ2) is 6.32. The Hall–Kier alpha value is -2.28. The van der Waals surface area contributed by atoms with Crippen LogP contribution < -0.4 is 9.64 Å². The van der Waals surface area contributed by atoms with E-state index in [1.165, 1.54) is 35.4 Å². The van der Waals surface area contributed by atoms with E-state index in [1.807, 2.05) is 0 Å². The quantitative estimate of drug-likeness (QED) is 0.756. The highest BCUT2D eigenvalue weighted by atomic mass is 35.5. The van der Waals surface area contributed by atoms with Gasteiger partial charge in [-0.3, -0.25) is 4.79 Å². The Labute approximate surface area is 140 Å². The van der Waals surface area contributed by atoms with Crippen LogP contribution in [0.5, 0.6) is 5.75 Å². The molecule has 0 fully saturated rings. The first-order valence-electron chi connectivity index (χ1n) is 7.15. The van der Waals surface area contributed by atoms with E-state index in [0.29, 0.717) is 36.2 Å². The number of aryl methyl sites for hydroxylation is 1. The molecule has 24 heavy (non-hydrogen) atoms. The Morgan fingerprint density at radius 1 is 1.25 bits per heavy atom. The van der Waals surface area contributed by atoms with Gasteiger partial charge >= 0.3 is 6.36 Å². The molecule has 0 saturated carbocycles. The number of hydrogen-bond acceptors (Lipinski definition) is 3. The molecule has 0 spiro atoms. The van der Waals surface area contributed by atoms with Crippen LogP contribution in [0.3, 0.4) is 0 Å². The predicted molar refractivity (Wildman–Crippen MR) is 82.4 cm³/mol. The maximum Gasteiger partial charge on any atom is 0.573 e. The van der Waals surface area contributed by atoms with Crippen molar-refractivity contribution in [3.8, 4) is 5.75 Å². The largest absolute Gasteiger partial charge is 0.573 e. The van der Waals surface area contributed by atoms with Crippen molar-refractivity contribution in [1.82, 2.24) is 4.98 Å². The number of carbonyl (C=O) groups is 1. The zero-order chi connectivity index (χ0) is 17.3. The van der Waals surface area contributed by atoms with Crippen molar-refractivity contribution >= 4 is 23.2 Å². The third-order valence-corrected chi connectivity index (χ3v) is 3.83. The molecular weight excluding hydrogens is 345 g/mol. The summed E-state index contributed by atoms with van der Waals surface area (Å²) in [7, 11) is 0. The van der Waals surface area contributed by atoms with Gasteiger partial charge in [0.1, 0.15) is 10.9 Å². The fourth-order valence-electron chi connectivity index (χ4n) is 2.67. The van der Waals surface area contributed by atoms with Gasteiger partial charge in [-0.2, -0.15) is 0 Å². The van der Waals surface area contributed by atoms with Crippen molar-refractivity contribution < 1.29 is 22.7 Å². The van der Waals surface area contributed by atoms with Crippen molar-refractivity contribution in [1.29, 1.82) is 0 Å². The normalized spacial score (nSPS) is 14.2. The van der Waals surface area contributed by atoms with Gasteiger partial charge in [0.2, 0.25) is 0 Å². The van der Waals surface area contributed by atoms with Crippen LogP contribution in [-0.2, 0) is 6.42 Å². The van der Waals surface area contributed by atoms with E-state index < -0.39 is 6.36 Å². The molecule has 0 bridgehead atoms. The van der Waals surface area contributed by atoms with Crippen LogP contribution in [0.25, 0.3) is 0 Å². The first-order chi connectivity index (χ1) is 11.3. The predicted octanol–water partition coefficient (Wildman–Crippen LogP) is 4.23. The number of nitrogens with zero attached hydrogens (tertiary/aromatic N) is 2. The molecule has 0 aliphatic carbocycles. The lowest BCUT2D eigenvalue weighted by Crippen LogP contribution is -2.35. The van der Waals surface area contributed by atoms with E-state index in [1.54, 1.807) is 6.07 Å². The van der Waals surface area contributed by atoms with Gasteiger partial charge in [-0.15, -0.1) is 13.2 Å². The molecule has 1 aromatic carbocycles. The summed E-state index contributed by atoms with van der Waals surface area (Å²) in [6.45, 7) is 0.477. The number of carbonyl (C=O) groups excluding carboxylic acids is 1. The Balaban J connectivity index is 1.90. The summed E-state index contributed by atoms with van der Waals surface area (Å²) in [6, 6.07) is 7.00. The second-order valence-corrected chi connectivity index (χ2v) is 5.65. The van der Waals surface area contributed by atoms with E-state index >= 15 is 0 Å². The van der Waals surface area contributed by atoms with E-state index in [-0.39, 0.29) is 16.8 Å². The summed E-state index contributed by atoms with van der Waals surface area (Å²) in [4.78, 5) is 18.0. The van der Waals surface area contributed by atoms with Gasteiger partial charge in [0, 0.05) is 24.0 Å². The molecule has 4 nitrogen and oxygen atoms in total. The molecule has 3 rings (SSSR count). The zero-order valence-electron chi connectivity index (χ0n) is 12.3. The molecule has 1 aliphatic heterocycles. The minimum absolute atomic E-state index is 0.201. The van der Waals surface area contributed by atoms with Gasteiger partial charge in [-0.05, 0) is 48.7 Å². The lowest BCUT2D eigenvalue weighted by molar-refractivity contribution is -0.274. The number of anilines is 1. The summed E-state index contributed by atoms with van der Waals surface area (Å²) < 4.78 is 40.9. The summed E-state index contributed by atoms with van der Waals surface area (Å²) >= 11 is 5.81. The molecule has 8 heteroatoms. The van der Waals surface area contributed by atoms with Gasteiger partial charge in [-0.1, -0.05) is 11.6 Å². The minimum atomic E-state index is -4.74. The van der Waals surface area contributed by atoms with Crippen LogP contribution in [0, 0.1) is 0 Å². The van der Waals surface area contributed by atoms with Crippen LogP contribution in [0.1, 0.15) is 22.3 Å². The zero-order valence-corrected chi connectivity index (χ0v) is 13.1. The number of ether oxygens (including phenoxy) is 1. The maximum absolute atomic E-state index is 12.7. The van der Waals surface area contributed by atoms with Crippen molar-refractivity contribution in [2.45, 2.75) is 19.2 Å². The van der Waals surface area contributed by atoms with E-state index in [2.05, 4.69) is 9.72 Å². The van der Waals surface area contributed by atoms with Crippen LogP contribution >= 0.6 is 11.6 Å². The van der Waals surface area contributed by atoms with E-state index in [4.69, 9.17) is 11.6 Å². The molecule has 0 N–H and O–H groups in total. The van der Waals surface area contributed by atoms with Gasteiger partial charge in [0.05, 0.1) is 0 Å². The topological polar surface area (TPSA) is 42.4 Å². The number of aromatic nitrogens is 1. The Bertz CT molecular complexity index is 780. The average molecular weight is 357 g/mol. The first-order valence-corrected chi connectivity index (χ1v) is 7.53. The monoisotopic (exact) mass is 356 g/mol. The number of pyridine rings is 1. The third-order valence-electron chi connectivity index (χ3n) is 3.62. The van der Waals surface area contributed by atoms with Gasteiger partial charge in [0.25, 0.3) is 5.91 Å². The van der Waals surface area contributed by atoms with Crippen LogP contribution in [-0.4, -0.2) is 23.8 Å². The van der Waals surface area contributed by atoms with E-state index in [0.717, 1.165) is 0 Å². The minimum Gasteiger partial charge on any atom is -0.406 e. The molecule has 0 unspecified atom stereocenters. The molecule has 0 atom stereocenters. The van der Waals surface area contributed by atoms with Crippen LogP contribution in [0.2, 0.25) is 5.15 Å². The number of rotatable bonds is 2. The van der Waals surface area contributed by atoms with Gasteiger partial charge < -0.3 is 9.64 Å². The van der Waals surface area contributed by atoms with Crippen molar-refractivity contribution in [2.24, 2.45) is 0 Å². The van der Waals surface area contributed by atoms with Crippen molar-refractivity contribution in [3.63, 3.8) is 0 Å². The molecule has 1 aromatic heterocycles. The number of amides is 1. The molecule has 1 aliphatic rings. The molecule has 1 amide bonds. The Morgan fingerprint density at radius 3 is 2.75 bits per heavy atom. The van der Waals surface area contributed by atoms with Gasteiger partial charge in [-0.25, -0.2) is 4.98 Å². The molecule has 0 radical (unpaired) electrons. The standard InChI is InChI=1S/C16H12ClF3N2O2/c17-14-9-11(5-6-21-14)15(23)22-7-1-2-10-8-12(3-4-13(10)22)24-16(18,19)20/h3-6,8-9H,1-2,7H2. The first kappa shape index (κ1) is 16.6. The number of alkyl halides is 3. The van der Waals surface area contributed by atoms with Crippen molar-refractivity contribution in [3.05, 3.63) is 52.8 Å². The molecular formula is C16H12ClF3N2O2. The molecule has 2 heterocycles. The lowest BCUT2D eigenvalue weighted by Gasteiger charge is -2.30. The number of hydrogen-bond donors (Lipinski definition) is 0. The fourth-order valence-corrected chi connectivity index (χ4v) is 2.85. The molecule has 0 saturated heterocycles. The summed E-state index contributed by atoms with van der Waals surface area (Å²) in [5.74, 6) is -0.563. The Kier molecular flexibility index (Phi) is 4.36. The smallest absolute Gasteiger partial charge is 0.406 e. The fraction of sp³-hybridized carbons (Fsp3) is 0.250. The van der Waals surface area contributed by atoms with Gasteiger partial charge in [0.15, 0.2) is 0 Å². The number of fused-ring (bicyclic) bond motifs is 1. The SMILES string of the molecule is O=C(c1ccnc(Cl)c1)N1CCCc2cc(OC(F)(F)F)ccc21. The molecule has 126 valence electrons. The average Bonchev–Trinajstić information content (AvgIpc) is 2.52. The summed E-state index contributed by atoms with van der Waals surface area (Å²) in [5, 5.41) is 0.201.